The Morgan fingerprint density at radius 1 is 0.410 bits per heavy atom. The molecule has 0 aliphatic carbocycles. The zero-order valence-electron chi connectivity index (χ0n) is 22.0. The van der Waals surface area contributed by atoms with Gasteiger partial charge in [-0.15, -0.1) is 0 Å². The molecule has 0 saturated carbocycles. The highest BCUT2D eigenvalue weighted by molar-refractivity contribution is 7.74. The van der Waals surface area contributed by atoms with E-state index in [0.29, 0.717) is 5.66 Å². The van der Waals surface area contributed by atoms with E-state index in [9.17, 15) is 0 Å². The Morgan fingerprint density at radius 2 is 0.846 bits per heavy atom. The molecule has 0 aliphatic heterocycles. The van der Waals surface area contributed by atoms with E-state index in [2.05, 4.69) is 164 Å². The van der Waals surface area contributed by atoms with Crippen LogP contribution in [0.25, 0.3) is 10.8 Å². The highest BCUT2D eigenvalue weighted by Gasteiger charge is 2.29. The van der Waals surface area contributed by atoms with Gasteiger partial charge in [0, 0.05) is 5.66 Å². The maximum Gasteiger partial charge on any atom is 0.0132 e. The minimum Gasteiger partial charge on any atom is -0.0622 e. The summed E-state index contributed by atoms with van der Waals surface area (Å²) in [5, 5.41) is 8.51. The van der Waals surface area contributed by atoms with Crippen LogP contribution in [0.1, 0.15) is 17.6 Å². The zero-order valence-corrected chi connectivity index (χ0v) is 23.8. The topological polar surface area (TPSA) is 0 Å². The van der Waals surface area contributed by atoms with Gasteiger partial charge in [0.2, 0.25) is 0 Å². The summed E-state index contributed by atoms with van der Waals surface area (Å²) in [6, 6.07) is 60.6. The molecule has 0 radical (unpaired) electrons. The highest BCUT2D eigenvalue weighted by atomic mass is 31.1. The van der Waals surface area contributed by atoms with E-state index >= 15 is 0 Å². The third-order valence-electron chi connectivity index (χ3n) is 7.32. The second-order valence-electron chi connectivity index (χ2n) is 9.74. The van der Waals surface area contributed by atoms with Crippen molar-refractivity contribution in [2.24, 2.45) is 0 Å². The number of benzene rings is 6. The van der Waals surface area contributed by atoms with Crippen molar-refractivity contribution in [3.05, 3.63) is 169 Å². The van der Waals surface area contributed by atoms with E-state index in [0.717, 1.165) is 12.6 Å². The van der Waals surface area contributed by atoms with Crippen molar-refractivity contribution < 1.29 is 0 Å². The van der Waals surface area contributed by atoms with E-state index < -0.39 is 15.8 Å². The third-order valence-corrected chi connectivity index (χ3v) is 12.7. The van der Waals surface area contributed by atoms with Crippen molar-refractivity contribution in [3.63, 3.8) is 0 Å². The molecule has 0 aliphatic rings. The lowest BCUT2D eigenvalue weighted by Gasteiger charge is -2.32. The average molecular weight is 539 g/mol. The van der Waals surface area contributed by atoms with Crippen LogP contribution >= 0.6 is 15.8 Å². The van der Waals surface area contributed by atoms with E-state index in [4.69, 9.17) is 0 Å². The summed E-state index contributed by atoms with van der Waals surface area (Å²) < 4.78 is 0. The first kappa shape index (κ1) is 25.7. The highest BCUT2D eigenvalue weighted by Crippen LogP contribution is 2.54. The van der Waals surface area contributed by atoms with Gasteiger partial charge in [0.1, 0.15) is 0 Å². The normalized spacial score (nSPS) is 12.2. The third kappa shape index (κ3) is 5.89. The minimum atomic E-state index is -0.622. The molecule has 1 unspecified atom stereocenters. The Kier molecular flexibility index (Phi) is 8.26. The summed E-state index contributed by atoms with van der Waals surface area (Å²) >= 11 is 0. The fourth-order valence-electron chi connectivity index (χ4n) is 5.53. The molecule has 0 fully saturated rings. The van der Waals surface area contributed by atoms with Crippen LogP contribution < -0.4 is 21.2 Å². The number of hydrogen-bond acceptors (Lipinski definition) is 0. The van der Waals surface area contributed by atoms with Crippen LogP contribution in [0.15, 0.2) is 164 Å². The Morgan fingerprint density at radius 3 is 1.38 bits per heavy atom. The molecule has 2 heteroatoms. The summed E-state index contributed by atoms with van der Waals surface area (Å²) in [6.45, 7) is 0. The summed E-state index contributed by atoms with van der Waals surface area (Å²) in [5.74, 6) is 0. The molecule has 6 rings (SSSR count). The molecule has 39 heavy (non-hydrogen) atoms. The largest absolute Gasteiger partial charge is 0.0622 e. The van der Waals surface area contributed by atoms with Crippen LogP contribution in [0.2, 0.25) is 0 Å². The van der Waals surface area contributed by atoms with Crippen molar-refractivity contribution in [1.82, 2.24) is 0 Å². The van der Waals surface area contributed by atoms with Gasteiger partial charge in [-0.3, -0.25) is 0 Å². The summed E-state index contributed by atoms with van der Waals surface area (Å²) in [5.41, 5.74) is 1.87. The van der Waals surface area contributed by atoms with Gasteiger partial charge in [0.15, 0.2) is 0 Å². The lowest BCUT2D eigenvalue weighted by molar-refractivity contribution is 0.903. The lowest BCUT2D eigenvalue weighted by atomic mass is 10.0. The molecule has 0 heterocycles. The number of fused-ring (bicyclic) bond motifs is 1. The van der Waals surface area contributed by atoms with Gasteiger partial charge in [-0.05, 0) is 66.0 Å². The molecule has 1 atom stereocenters. The molecule has 0 spiro atoms. The standard InChI is InChI=1S/C37H32P2/c1-5-18-31(19-6-1)38(32-20-7-2-8-21-32)29-28-37(36-27-15-17-30-16-13-14-26-35(30)36)39(33-22-9-3-10-23-33)34-24-11-4-12-25-34/h1-27,37H,28-29H2. The molecule has 0 saturated heterocycles. The maximum atomic E-state index is 2.39. The Hall–Kier alpha value is -3.56. The molecule has 0 amide bonds. The summed E-state index contributed by atoms with van der Waals surface area (Å²) in [7, 11) is -1.09. The van der Waals surface area contributed by atoms with Crippen LogP contribution in [-0.4, -0.2) is 6.16 Å². The van der Waals surface area contributed by atoms with Crippen molar-refractivity contribution in [3.8, 4) is 0 Å². The van der Waals surface area contributed by atoms with E-state index in [-0.39, 0.29) is 0 Å². The van der Waals surface area contributed by atoms with Crippen LogP contribution in [0.4, 0.5) is 0 Å². The number of hydrogen-bond donors (Lipinski definition) is 0. The van der Waals surface area contributed by atoms with E-state index in [1.807, 2.05) is 0 Å². The van der Waals surface area contributed by atoms with Crippen molar-refractivity contribution in [2.45, 2.75) is 12.1 Å². The van der Waals surface area contributed by atoms with Gasteiger partial charge in [-0.1, -0.05) is 164 Å². The van der Waals surface area contributed by atoms with Crippen molar-refractivity contribution in [2.75, 3.05) is 6.16 Å². The maximum absolute atomic E-state index is 2.39. The van der Waals surface area contributed by atoms with Gasteiger partial charge >= 0.3 is 0 Å². The Labute approximate surface area is 234 Å². The predicted octanol–water partition coefficient (Wildman–Crippen LogP) is 8.54. The lowest BCUT2D eigenvalue weighted by Crippen LogP contribution is -2.20. The predicted molar refractivity (Wildman–Crippen MR) is 174 cm³/mol. The molecule has 6 aromatic carbocycles. The van der Waals surface area contributed by atoms with Gasteiger partial charge in [0.25, 0.3) is 0 Å². The quantitative estimate of drug-likeness (QED) is 0.162. The van der Waals surface area contributed by atoms with Crippen LogP contribution in [-0.2, 0) is 0 Å². The first-order valence-electron chi connectivity index (χ1n) is 13.6. The van der Waals surface area contributed by atoms with Crippen LogP contribution in [0, 0.1) is 0 Å². The molecule has 0 N–H and O–H groups in total. The van der Waals surface area contributed by atoms with Gasteiger partial charge in [-0.2, -0.15) is 0 Å². The molecule has 6 aromatic rings. The average Bonchev–Trinajstić information content (AvgIpc) is 3.02. The zero-order chi connectivity index (χ0) is 26.3. The molecule has 0 bridgehead atoms. The molecule has 0 aromatic heterocycles. The Bertz CT molecular complexity index is 1520. The molecule has 190 valence electrons. The first-order valence-corrected chi connectivity index (χ1v) is 16.6. The second kappa shape index (κ2) is 12.5. The van der Waals surface area contributed by atoms with Crippen molar-refractivity contribution >= 4 is 47.8 Å². The smallest absolute Gasteiger partial charge is 0.0132 e. The molecule has 0 nitrogen and oxygen atoms in total. The van der Waals surface area contributed by atoms with Crippen LogP contribution in [0.3, 0.4) is 0 Å². The molecular formula is C37H32P2. The SMILES string of the molecule is c1ccc(P(CCC(c2cccc3ccccc23)P(c2ccccc2)c2ccccc2)c2ccccc2)cc1. The van der Waals surface area contributed by atoms with Gasteiger partial charge in [-0.25, -0.2) is 0 Å². The van der Waals surface area contributed by atoms with Gasteiger partial charge in [0.05, 0.1) is 0 Å². The van der Waals surface area contributed by atoms with Crippen molar-refractivity contribution in [1.29, 1.82) is 0 Å². The summed E-state index contributed by atoms with van der Waals surface area (Å²) in [4.78, 5) is 0. The second-order valence-corrected chi connectivity index (χ2v) is 14.5. The minimum absolute atomic E-state index is 0.397. The molecular weight excluding hydrogens is 506 g/mol. The van der Waals surface area contributed by atoms with E-state index in [1.54, 1.807) is 0 Å². The monoisotopic (exact) mass is 538 g/mol. The fourth-order valence-corrected chi connectivity index (χ4v) is 11.0. The van der Waals surface area contributed by atoms with Crippen LogP contribution in [0.5, 0.6) is 0 Å². The number of rotatable bonds is 9. The van der Waals surface area contributed by atoms with E-state index in [1.165, 1.54) is 37.6 Å². The first-order chi connectivity index (χ1) is 19.4. The Balaban J connectivity index is 1.48. The fraction of sp³-hybridized carbons (Fsp3) is 0.0811. The summed E-state index contributed by atoms with van der Waals surface area (Å²) in [6.07, 6.45) is 2.27. The van der Waals surface area contributed by atoms with Gasteiger partial charge < -0.3 is 0 Å².